The van der Waals surface area contributed by atoms with Crippen LogP contribution in [0.1, 0.15) is 59.1 Å². The van der Waals surface area contributed by atoms with Gasteiger partial charge >= 0.3 is 0 Å². The standard InChI is InChI=1S/C17H28N2O5S/c1-12(2)6-9-25(22,23)16(3,4)15(21)18-14-10-13(19-24-14)17(11-20)7-5-8-17/h10,12,20H,5-9,11H2,1-4H3,(H,18,21). The molecule has 0 aliphatic heterocycles. The van der Waals surface area contributed by atoms with E-state index in [-0.39, 0.29) is 24.2 Å². The average molecular weight is 372 g/mol. The van der Waals surface area contributed by atoms with Gasteiger partial charge in [-0.1, -0.05) is 25.4 Å². The molecule has 0 bridgehead atoms. The zero-order valence-corrected chi connectivity index (χ0v) is 16.1. The summed E-state index contributed by atoms with van der Waals surface area (Å²) >= 11 is 0. The Labute approximate surface area is 149 Å². The zero-order chi connectivity index (χ0) is 18.9. The third kappa shape index (κ3) is 3.89. The molecule has 0 unspecified atom stereocenters. The van der Waals surface area contributed by atoms with Gasteiger partial charge in [-0.2, -0.15) is 0 Å². The SMILES string of the molecule is CC(C)CCS(=O)(=O)C(C)(C)C(=O)Nc1cc(C2(CO)CCC2)no1. The Hall–Kier alpha value is -1.41. The number of sulfone groups is 1. The van der Waals surface area contributed by atoms with Crippen molar-refractivity contribution in [3.8, 4) is 0 Å². The van der Waals surface area contributed by atoms with Crippen LogP contribution in [0.5, 0.6) is 0 Å². The first kappa shape index (κ1) is 19.9. The molecule has 0 radical (unpaired) electrons. The number of aromatic nitrogens is 1. The lowest BCUT2D eigenvalue weighted by Gasteiger charge is -2.38. The van der Waals surface area contributed by atoms with Crippen molar-refractivity contribution in [3.05, 3.63) is 11.8 Å². The van der Waals surface area contributed by atoms with Gasteiger partial charge in [0.1, 0.15) is 4.75 Å². The minimum atomic E-state index is -3.61. The summed E-state index contributed by atoms with van der Waals surface area (Å²) in [7, 11) is -3.61. The van der Waals surface area contributed by atoms with Gasteiger partial charge in [0.05, 0.1) is 18.1 Å². The molecular formula is C17H28N2O5S. The van der Waals surface area contributed by atoms with E-state index in [9.17, 15) is 18.3 Å². The van der Waals surface area contributed by atoms with E-state index in [0.717, 1.165) is 19.3 Å². The van der Waals surface area contributed by atoms with Crippen molar-refractivity contribution < 1.29 is 22.8 Å². The molecule has 1 heterocycles. The molecule has 8 heteroatoms. The summed E-state index contributed by atoms with van der Waals surface area (Å²) in [6.07, 6.45) is 3.15. The molecule has 1 aromatic heterocycles. The second-order valence-corrected chi connectivity index (χ2v) is 10.5. The molecule has 1 aliphatic carbocycles. The molecule has 1 fully saturated rings. The third-order valence-electron chi connectivity index (χ3n) is 5.19. The van der Waals surface area contributed by atoms with Crippen LogP contribution in [0, 0.1) is 5.92 Å². The van der Waals surface area contributed by atoms with Crippen LogP contribution in [0.15, 0.2) is 10.6 Å². The van der Waals surface area contributed by atoms with Crippen LogP contribution in [0.4, 0.5) is 5.88 Å². The summed E-state index contributed by atoms with van der Waals surface area (Å²) in [5.41, 5.74) is 0.197. The van der Waals surface area contributed by atoms with Crippen molar-refractivity contribution in [2.24, 2.45) is 5.92 Å². The van der Waals surface area contributed by atoms with E-state index in [1.165, 1.54) is 13.8 Å². The van der Waals surface area contributed by atoms with Crippen LogP contribution < -0.4 is 5.32 Å². The number of aliphatic hydroxyl groups excluding tert-OH is 1. The summed E-state index contributed by atoms with van der Waals surface area (Å²) in [5.74, 6) is -0.347. The van der Waals surface area contributed by atoms with Crippen molar-refractivity contribution in [1.29, 1.82) is 0 Å². The number of carbonyl (C=O) groups excluding carboxylic acids is 1. The Balaban J connectivity index is 2.09. The van der Waals surface area contributed by atoms with Crippen molar-refractivity contribution in [2.75, 3.05) is 17.7 Å². The molecule has 25 heavy (non-hydrogen) atoms. The Morgan fingerprint density at radius 2 is 2.08 bits per heavy atom. The van der Waals surface area contributed by atoms with Crippen LogP contribution in [0.25, 0.3) is 0 Å². The van der Waals surface area contributed by atoms with Crippen LogP contribution in [0.3, 0.4) is 0 Å². The highest BCUT2D eigenvalue weighted by molar-refractivity contribution is 7.93. The van der Waals surface area contributed by atoms with E-state index in [2.05, 4.69) is 10.5 Å². The number of hydrogen-bond donors (Lipinski definition) is 2. The van der Waals surface area contributed by atoms with Gasteiger partial charge in [0.15, 0.2) is 9.84 Å². The molecule has 142 valence electrons. The molecule has 0 atom stereocenters. The minimum Gasteiger partial charge on any atom is -0.395 e. The lowest BCUT2D eigenvalue weighted by Crippen LogP contribution is -2.45. The first-order valence-corrected chi connectivity index (χ1v) is 10.3. The molecule has 2 N–H and O–H groups in total. The van der Waals surface area contributed by atoms with Crippen molar-refractivity contribution in [1.82, 2.24) is 5.16 Å². The first-order valence-electron chi connectivity index (χ1n) is 8.66. The highest BCUT2D eigenvalue weighted by Gasteiger charge is 2.43. The molecule has 0 spiro atoms. The Bertz CT molecular complexity index is 712. The van der Waals surface area contributed by atoms with Gasteiger partial charge in [0.25, 0.3) is 0 Å². The average Bonchev–Trinajstić information content (AvgIpc) is 2.93. The summed E-state index contributed by atoms with van der Waals surface area (Å²) in [6.45, 7) is 6.65. The van der Waals surface area contributed by atoms with Gasteiger partial charge in [-0.3, -0.25) is 10.1 Å². The number of amides is 1. The normalized spacial score (nSPS) is 17.4. The summed E-state index contributed by atoms with van der Waals surface area (Å²) in [4.78, 5) is 12.5. The Morgan fingerprint density at radius 3 is 2.56 bits per heavy atom. The van der Waals surface area contributed by atoms with E-state index >= 15 is 0 Å². The number of anilines is 1. The van der Waals surface area contributed by atoms with Gasteiger partial charge in [0, 0.05) is 11.5 Å². The van der Waals surface area contributed by atoms with Gasteiger partial charge in [-0.25, -0.2) is 8.42 Å². The number of aliphatic hydroxyl groups is 1. The van der Waals surface area contributed by atoms with E-state index in [0.29, 0.717) is 12.1 Å². The second-order valence-electron chi connectivity index (χ2n) is 7.83. The molecule has 0 saturated heterocycles. The fourth-order valence-electron chi connectivity index (χ4n) is 2.73. The van der Waals surface area contributed by atoms with E-state index in [4.69, 9.17) is 4.52 Å². The fraction of sp³-hybridized carbons (Fsp3) is 0.765. The van der Waals surface area contributed by atoms with Crippen LogP contribution in [-0.2, 0) is 20.0 Å². The predicted molar refractivity (Wildman–Crippen MR) is 95.1 cm³/mol. The maximum absolute atomic E-state index is 12.5. The van der Waals surface area contributed by atoms with Crippen LogP contribution in [0.2, 0.25) is 0 Å². The van der Waals surface area contributed by atoms with Gasteiger partial charge in [-0.15, -0.1) is 0 Å². The highest BCUT2D eigenvalue weighted by atomic mass is 32.2. The monoisotopic (exact) mass is 372 g/mol. The van der Waals surface area contributed by atoms with Crippen molar-refractivity contribution >= 4 is 21.6 Å². The Morgan fingerprint density at radius 1 is 1.44 bits per heavy atom. The van der Waals surface area contributed by atoms with E-state index < -0.39 is 25.9 Å². The quantitative estimate of drug-likeness (QED) is 0.724. The van der Waals surface area contributed by atoms with E-state index in [1.807, 2.05) is 13.8 Å². The van der Waals surface area contributed by atoms with Gasteiger partial charge < -0.3 is 9.63 Å². The number of nitrogens with one attached hydrogen (secondary N) is 1. The number of nitrogens with zero attached hydrogens (tertiary/aromatic N) is 1. The van der Waals surface area contributed by atoms with Gasteiger partial charge in [-0.05, 0) is 39.0 Å². The summed E-state index contributed by atoms with van der Waals surface area (Å²) in [6, 6.07) is 1.57. The number of rotatable bonds is 8. The molecule has 1 aromatic rings. The third-order valence-corrected chi connectivity index (χ3v) is 7.71. The topological polar surface area (TPSA) is 110 Å². The smallest absolute Gasteiger partial charge is 0.247 e. The predicted octanol–water partition coefficient (Wildman–Crippen LogP) is 2.27. The van der Waals surface area contributed by atoms with Crippen molar-refractivity contribution in [2.45, 2.75) is 63.5 Å². The highest BCUT2D eigenvalue weighted by Crippen LogP contribution is 2.43. The maximum Gasteiger partial charge on any atom is 0.247 e. The van der Waals surface area contributed by atoms with Crippen molar-refractivity contribution in [3.63, 3.8) is 0 Å². The number of carbonyl (C=O) groups is 1. The lowest BCUT2D eigenvalue weighted by molar-refractivity contribution is -0.118. The number of hydrogen-bond acceptors (Lipinski definition) is 6. The van der Waals surface area contributed by atoms with Gasteiger partial charge in [0.2, 0.25) is 11.8 Å². The summed E-state index contributed by atoms with van der Waals surface area (Å²) < 4.78 is 28.6. The molecule has 1 aliphatic rings. The molecule has 2 rings (SSSR count). The molecule has 0 aromatic carbocycles. The van der Waals surface area contributed by atoms with Crippen LogP contribution in [-0.4, -0.2) is 41.7 Å². The van der Waals surface area contributed by atoms with Crippen LogP contribution >= 0.6 is 0 Å². The zero-order valence-electron chi connectivity index (χ0n) is 15.3. The van der Waals surface area contributed by atoms with E-state index in [1.54, 1.807) is 6.07 Å². The largest absolute Gasteiger partial charge is 0.395 e. The molecular weight excluding hydrogens is 344 g/mol. The fourth-order valence-corrected chi connectivity index (χ4v) is 4.36. The maximum atomic E-state index is 12.5. The first-order chi connectivity index (χ1) is 11.5. The molecule has 1 amide bonds. The second kappa shape index (κ2) is 7.07. The Kier molecular flexibility index (Phi) is 5.63. The summed E-state index contributed by atoms with van der Waals surface area (Å²) in [5, 5.41) is 16.0. The minimum absolute atomic E-state index is 0.0258. The lowest BCUT2D eigenvalue weighted by atomic mass is 9.67. The molecule has 7 nitrogen and oxygen atoms in total. The molecule has 1 saturated carbocycles.